The van der Waals surface area contributed by atoms with Gasteiger partial charge in [-0.05, 0) is 13.0 Å². The van der Waals surface area contributed by atoms with Gasteiger partial charge >= 0.3 is 0 Å². The molecule has 1 amide bonds. The summed E-state index contributed by atoms with van der Waals surface area (Å²) in [6, 6.07) is 1.86. The minimum atomic E-state index is -0.506. The zero-order chi connectivity index (χ0) is 10.2. The van der Waals surface area contributed by atoms with Gasteiger partial charge in [0.25, 0.3) is 5.91 Å². The summed E-state index contributed by atoms with van der Waals surface area (Å²) >= 11 is 0. The van der Waals surface area contributed by atoms with Gasteiger partial charge in [-0.2, -0.15) is 0 Å². The van der Waals surface area contributed by atoms with Gasteiger partial charge in [0.15, 0.2) is 5.76 Å². The fraction of sp³-hybridized carbons (Fsp3) is 0.500. The Labute approximate surface area is 77.9 Å². The Morgan fingerprint density at radius 1 is 1.46 bits per heavy atom. The first-order valence-electron chi connectivity index (χ1n) is 4.23. The van der Waals surface area contributed by atoms with Crippen molar-refractivity contribution in [3.8, 4) is 0 Å². The lowest BCUT2D eigenvalue weighted by Gasteiger charge is -2.13. The molecule has 72 valence electrons. The lowest BCUT2D eigenvalue weighted by molar-refractivity contribution is 0.0970. The van der Waals surface area contributed by atoms with Gasteiger partial charge in [-0.1, -0.05) is 20.8 Å². The van der Waals surface area contributed by atoms with E-state index in [-0.39, 0.29) is 11.2 Å². The van der Waals surface area contributed by atoms with Crippen molar-refractivity contribution in [2.45, 2.75) is 33.1 Å². The molecule has 1 heterocycles. The third kappa shape index (κ3) is 1.91. The number of hydrogen-bond acceptors (Lipinski definition) is 2. The van der Waals surface area contributed by atoms with Crippen molar-refractivity contribution in [3.05, 3.63) is 23.2 Å². The fourth-order valence-electron chi connectivity index (χ4n) is 1.10. The number of furan rings is 1. The zero-order valence-corrected chi connectivity index (χ0v) is 8.47. The van der Waals surface area contributed by atoms with Crippen LogP contribution >= 0.6 is 0 Å². The molecule has 3 nitrogen and oxygen atoms in total. The van der Waals surface area contributed by atoms with Crippen molar-refractivity contribution in [1.82, 2.24) is 0 Å². The van der Waals surface area contributed by atoms with Crippen LogP contribution in [0.5, 0.6) is 0 Å². The number of nitrogens with two attached hydrogens (primary N) is 1. The van der Waals surface area contributed by atoms with Gasteiger partial charge in [0.1, 0.15) is 5.76 Å². The summed E-state index contributed by atoms with van der Waals surface area (Å²) in [5, 5.41) is 0. The standard InChI is InChI=1S/C10H15NO2/c1-6-5-7(10(2,3)4)13-8(6)9(11)12/h5H,1-4H3,(H2,11,12). The molecule has 0 aliphatic carbocycles. The SMILES string of the molecule is Cc1cc(C(C)(C)C)oc1C(N)=O. The molecule has 0 fully saturated rings. The highest BCUT2D eigenvalue weighted by Crippen LogP contribution is 2.26. The molecule has 1 aromatic heterocycles. The number of amides is 1. The van der Waals surface area contributed by atoms with E-state index >= 15 is 0 Å². The minimum Gasteiger partial charge on any atom is -0.455 e. The molecule has 0 unspecified atom stereocenters. The quantitative estimate of drug-likeness (QED) is 0.720. The fourth-order valence-corrected chi connectivity index (χ4v) is 1.10. The maximum absolute atomic E-state index is 10.9. The summed E-state index contributed by atoms with van der Waals surface area (Å²) in [5.74, 6) is 0.553. The molecule has 3 heteroatoms. The van der Waals surface area contributed by atoms with Crippen molar-refractivity contribution < 1.29 is 9.21 Å². The van der Waals surface area contributed by atoms with Crippen LogP contribution in [-0.2, 0) is 5.41 Å². The summed E-state index contributed by atoms with van der Waals surface area (Å²) in [6.45, 7) is 7.89. The van der Waals surface area contributed by atoms with Crippen LogP contribution in [0.15, 0.2) is 10.5 Å². The largest absolute Gasteiger partial charge is 0.455 e. The van der Waals surface area contributed by atoms with Crippen LogP contribution in [0.25, 0.3) is 0 Å². The summed E-state index contributed by atoms with van der Waals surface area (Å²) in [7, 11) is 0. The predicted octanol–water partition coefficient (Wildman–Crippen LogP) is 1.98. The maximum Gasteiger partial charge on any atom is 0.284 e. The van der Waals surface area contributed by atoms with Gasteiger partial charge in [-0.15, -0.1) is 0 Å². The Bertz CT molecular complexity index is 331. The predicted molar refractivity (Wildman–Crippen MR) is 50.7 cm³/mol. The highest BCUT2D eigenvalue weighted by atomic mass is 16.4. The molecular weight excluding hydrogens is 166 g/mol. The monoisotopic (exact) mass is 181 g/mol. The van der Waals surface area contributed by atoms with Gasteiger partial charge < -0.3 is 10.2 Å². The third-order valence-electron chi connectivity index (χ3n) is 1.88. The normalized spacial score (nSPS) is 11.7. The third-order valence-corrected chi connectivity index (χ3v) is 1.88. The molecule has 1 aromatic rings. The van der Waals surface area contributed by atoms with E-state index in [1.165, 1.54) is 0 Å². The minimum absolute atomic E-state index is 0.0849. The molecule has 0 radical (unpaired) electrons. The van der Waals surface area contributed by atoms with E-state index < -0.39 is 5.91 Å². The smallest absolute Gasteiger partial charge is 0.284 e. The van der Waals surface area contributed by atoms with Crippen LogP contribution in [-0.4, -0.2) is 5.91 Å². The Balaban J connectivity index is 3.17. The van der Waals surface area contributed by atoms with Crippen molar-refractivity contribution in [2.75, 3.05) is 0 Å². The second kappa shape index (κ2) is 2.91. The topological polar surface area (TPSA) is 56.2 Å². The van der Waals surface area contributed by atoms with Crippen LogP contribution in [0.2, 0.25) is 0 Å². The number of primary amides is 1. The van der Waals surface area contributed by atoms with Crippen LogP contribution in [0.4, 0.5) is 0 Å². The number of aryl methyl sites for hydroxylation is 1. The molecular formula is C10H15NO2. The van der Waals surface area contributed by atoms with Gasteiger partial charge in [-0.3, -0.25) is 4.79 Å². The summed E-state index contributed by atoms with van der Waals surface area (Å²) in [6.07, 6.45) is 0. The summed E-state index contributed by atoms with van der Waals surface area (Å²) < 4.78 is 5.37. The molecule has 1 rings (SSSR count). The van der Waals surface area contributed by atoms with Gasteiger partial charge in [0.05, 0.1) is 0 Å². The van der Waals surface area contributed by atoms with E-state index in [1.54, 1.807) is 0 Å². The Morgan fingerprint density at radius 3 is 2.23 bits per heavy atom. The van der Waals surface area contributed by atoms with Crippen molar-refractivity contribution in [1.29, 1.82) is 0 Å². The lowest BCUT2D eigenvalue weighted by atomic mass is 9.93. The van der Waals surface area contributed by atoms with E-state index in [1.807, 2.05) is 33.8 Å². The molecule has 0 atom stereocenters. The lowest BCUT2D eigenvalue weighted by Crippen LogP contribution is -2.12. The van der Waals surface area contributed by atoms with Crippen LogP contribution in [0.1, 0.15) is 42.6 Å². The van der Waals surface area contributed by atoms with E-state index in [2.05, 4.69) is 0 Å². The summed E-state index contributed by atoms with van der Waals surface area (Å²) in [4.78, 5) is 10.9. The van der Waals surface area contributed by atoms with Crippen molar-refractivity contribution in [2.24, 2.45) is 5.73 Å². The van der Waals surface area contributed by atoms with E-state index in [4.69, 9.17) is 10.2 Å². The van der Waals surface area contributed by atoms with Crippen LogP contribution in [0, 0.1) is 6.92 Å². The molecule has 0 aromatic carbocycles. The molecule has 13 heavy (non-hydrogen) atoms. The zero-order valence-electron chi connectivity index (χ0n) is 8.47. The van der Waals surface area contributed by atoms with Crippen LogP contribution < -0.4 is 5.73 Å². The molecule has 0 aliphatic rings. The molecule has 2 N–H and O–H groups in total. The molecule has 0 saturated heterocycles. The Kier molecular flexibility index (Phi) is 2.20. The number of hydrogen-bond donors (Lipinski definition) is 1. The van der Waals surface area contributed by atoms with Gasteiger partial charge in [-0.25, -0.2) is 0 Å². The van der Waals surface area contributed by atoms with Crippen molar-refractivity contribution in [3.63, 3.8) is 0 Å². The first kappa shape index (κ1) is 9.84. The van der Waals surface area contributed by atoms with Crippen LogP contribution in [0.3, 0.4) is 0 Å². The number of rotatable bonds is 1. The van der Waals surface area contributed by atoms with Gasteiger partial charge in [0.2, 0.25) is 0 Å². The first-order valence-corrected chi connectivity index (χ1v) is 4.23. The van der Waals surface area contributed by atoms with E-state index in [0.29, 0.717) is 0 Å². The first-order chi connectivity index (χ1) is 5.82. The molecule has 0 bridgehead atoms. The Morgan fingerprint density at radius 2 is 2.00 bits per heavy atom. The highest BCUT2D eigenvalue weighted by Gasteiger charge is 2.21. The average Bonchev–Trinajstić information content (AvgIpc) is 2.29. The Hall–Kier alpha value is -1.25. The summed E-state index contributed by atoms with van der Waals surface area (Å²) in [5.41, 5.74) is 5.86. The molecule has 0 spiro atoms. The maximum atomic E-state index is 10.9. The molecule has 0 aliphatic heterocycles. The molecule has 0 saturated carbocycles. The highest BCUT2D eigenvalue weighted by molar-refractivity contribution is 5.91. The average molecular weight is 181 g/mol. The van der Waals surface area contributed by atoms with Crippen molar-refractivity contribution >= 4 is 5.91 Å². The van der Waals surface area contributed by atoms with Gasteiger partial charge in [0, 0.05) is 11.0 Å². The number of carbonyl (C=O) groups is 1. The second-order valence-corrected chi connectivity index (χ2v) is 4.24. The van der Waals surface area contributed by atoms with E-state index in [9.17, 15) is 4.79 Å². The van der Waals surface area contributed by atoms with E-state index in [0.717, 1.165) is 11.3 Å². The number of carbonyl (C=O) groups excluding carboxylic acids is 1. The second-order valence-electron chi connectivity index (χ2n) is 4.24.